The number of nitrogens with zero attached hydrogens (tertiary/aromatic N) is 3. The Morgan fingerprint density at radius 2 is 1.65 bits per heavy atom. The number of para-hydroxylation sites is 1. The Kier molecular flexibility index (Phi) is 5.46. The molecule has 0 aliphatic carbocycles. The van der Waals surface area contributed by atoms with Crippen LogP contribution in [-0.4, -0.2) is 26.6 Å². The molecule has 0 saturated carbocycles. The SMILES string of the molecule is Cn1nc(C(=O)NNC(=O)c2cc(-c3ccc(Cl)cc3)nc3ccccc23)ccc1=O. The number of fused-ring (bicyclic) bond motifs is 1. The second-order valence-electron chi connectivity index (χ2n) is 6.67. The molecule has 9 heteroatoms. The summed E-state index contributed by atoms with van der Waals surface area (Å²) >= 11 is 5.97. The summed E-state index contributed by atoms with van der Waals surface area (Å²) in [4.78, 5) is 41.3. The van der Waals surface area contributed by atoms with Gasteiger partial charge in [-0.1, -0.05) is 41.9 Å². The highest BCUT2D eigenvalue weighted by Gasteiger charge is 2.16. The molecular weight excluding hydrogens is 418 g/mol. The normalized spacial score (nSPS) is 10.6. The topological polar surface area (TPSA) is 106 Å². The van der Waals surface area contributed by atoms with Crippen LogP contribution in [-0.2, 0) is 7.05 Å². The Labute approximate surface area is 181 Å². The fourth-order valence-electron chi connectivity index (χ4n) is 3.00. The van der Waals surface area contributed by atoms with E-state index in [0.717, 1.165) is 10.2 Å². The minimum Gasteiger partial charge on any atom is -0.268 e. The minimum absolute atomic E-state index is 0.0103. The van der Waals surface area contributed by atoms with Gasteiger partial charge in [-0.05, 0) is 30.3 Å². The van der Waals surface area contributed by atoms with Crippen LogP contribution in [0, 0.1) is 0 Å². The summed E-state index contributed by atoms with van der Waals surface area (Å²) in [6.07, 6.45) is 0. The molecule has 0 spiro atoms. The maximum absolute atomic E-state index is 12.9. The van der Waals surface area contributed by atoms with Gasteiger partial charge in [-0.2, -0.15) is 5.10 Å². The van der Waals surface area contributed by atoms with Crippen LogP contribution in [0.5, 0.6) is 0 Å². The van der Waals surface area contributed by atoms with E-state index < -0.39 is 11.8 Å². The molecule has 0 atom stereocenters. The molecule has 0 bridgehead atoms. The Morgan fingerprint density at radius 1 is 0.935 bits per heavy atom. The second-order valence-corrected chi connectivity index (χ2v) is 7.10. The first-order valence-corrected chi connectivity index (χ1v) is 9.61. The van der Waals surface area contributed by atoms with Crippen LogP contribution in [0.25, 0.3) is 22.2 Å². The number of hydrogen-bond donors (Lipinski definition) is 2. The monoisotopic (exact) mass is 433 g/mol. The van der Waals surface area contributed by atoms with E-state index in [9.17, 15) is 14.4 Å². The summed E-state index contributed by atoms with van der Waals surface area (Å²) in [5, 5.41) is 5.08. The van der Waals surface area contributed by atoms with Crippen LogP contribution >= 0.6 is 11.6 Å². The van der Waals surface area contributed by atoms with Crippen LogP contribution in [0.4, 0.5) is 0 Å². The maximum Gasteiger partial charge on any atom is 0.290 e. The van der Waals surface area contributed by atoms with E-state index in [-0.39, 0.29) is 11.3 Å². The lowest BCUT2D eigenvalue weighted by Gasteiger charge is -2.11. The van der Waals surface area contributed by atoms with E-state index in [2.05, 4.69) is 20.9 Å². The van der Waals surface area contributed by atoms with Crippen molar-refractivity contribution in [1.82, 2.24) is 25.6 Å². The number of benzene rings is 2. The third-order valence-electron chi connectivity index (χ3n) is 4.58. The van der Waals surface area contributed by atoms with Crippen LogP contribution in [0.15, 0.2) is 71.5 Å². The van der Waals surface area contributed by atoms with E-state index in [0.29, 0.717) is 27.2 Å². The van der Waals surface area contributed by atoms with E-state index in [1.807, 2.05) is 18.2 Å². The number of pyridine rings is 1. The average molecular weight is 434 g/mol. The highest BCUT2D eigenvalue weighted by Crippen LogP contribution is 2.25. The predicted octanol–water partition coefficient (Wildman–Crippen LogP) is 2.72. The molecule has 0 unspecified atom stereocenters. The van der Waals surface area contributed by atoms with Gasteiger partial charge in [0.05, 0.1) is 16.8 Å². The third kappa shape index (κ3) is 4.29. The van der Waals surface area contributed by atoms with Gasteiger partial charge in [0.25, 0.3) is 17.4 Å². The van der Waals surface area contributed by atoms with Crippen molar-refractivity contribution in [2.45, 2.75) is 0 Å². The molecule has 0 saturated heterocycles. The highest BCUT2D eigenvalue weighted by atomic mass is 35.5. The van der Waals surface area contributed by atoms with Crippen molar-refractivity contribution in [3.63, 3.8) is 0 Å². The summed E-state index contributed by atoms with van der Waals surface area (Å²) in [6, 6.07) is 18.5. The fourth-order valence-corrected chi connectivity index (χ4v) is 3.13. The van der Waals surface area contributed by atoms with Gasteiger partial charge in [-0.15, -0.1) is 0 Å². The summed E-state index contributed by atoms with van der Waals surface area (Å²) in [6.45, 7) is 0. The molecule has 4 rings (SSSR count). The first kappa shape index (κ1) is 20.2. The zero-order valence-electron chi connectivity index (χ0n) is 16.3. The number of aromatic nitrogens is 3. The lowest BCUT2D eigenvalue weighted by molar-refractivity contribution is 0.0843. The molecule has 154 valence electrons. The van der Waals surface area contributed by atoms with Crippen molar-refractivity contribution in [3.05, 3.63) is 93.4 Å². The first-order valence-electron chi connectivity index (χ1n) is 9.23. The molecule has 2 aromatic carbocycles. The van der Waals surface area contributed by atoms with Gasteiger partial charge in [-0.25, -0.2) is 9.67 Å². The van der Waals surface area contributed by atoms with Crippen LogP contribution in [0.3, 0.4) is 0 Å². The van der Waals surface area contributed by atoms with Crippen LogP contribution in [0.1, 0.15) is 20.8 Å². The van der Waals surface area contributed by atoms with Gasteiger partial charge in [0.2, 0.25) is 0 Å². The molecule has 2 aromatic heterocycles. The number of rotatable bonds is 3. The second kappa shape index (κ2) is 8.37. The Morgan fingerprint density at radius 3 is 2.39 bits per heavy atom. The summed E-state index contributed by atoms with van der Waals surface area (Å²) in [5.74, 6) is -1.17. The molecular formula is C22H16ClN5O3. The van der Waals surface area contributed by atoms with Gasteiger partial charge in [0, 0.05) is 29.1 Å². The number of hydrazine groups is 1. The van der Waals surface area contributed by atoms with Crippen LogP contribution in [0.2, 0.25) is 5.02 Å². The molecule has 2 amide bonds. The predicted molar refractivity (Wildman–Crippen MR) is 117 cm³/mol. The summed E-state index contributed by atoms with van der Waals surface area (Å²) < 4.78 is 1.03. The first-order chi connectivity index (χ1) is 14.9. The van der Waals surface area contributed by atoms with Gasteiger partial charge in [0.15, 0.2) is 5.69 Å². The maximum atomic E-state index is 12.9. The van der Waals surface area contributed by atoms with E-state index in [1.165, 1.54) is 19.2 Å². The number of halogens is 1. The van der Waals surface area contributed by atoms with Crippen molar-refractivity contribution in [3.8, 4) is 11.3 Å². The van der Waals surface area contributed by atoms with Crippen molar-refractivity contribution < 1.29 is 9.59 Å². The Balaban J connectivity index is 1.63. The van der Waals surface area contributed by atoms with E-state index >= 15 is 0 Å². The van der Waals surface area contributed by atoms with Crippen molar-refractivity contribution >= 4 is 34.3 Å². The van der Waals surface area contributed by atoms with Crippen molar-refractivity contribution in [2.75, 3.05) is 0 Å². The lowest BCUT2D eigenvalue weighted by atomic mass is 10.0. The summed E-state index contributed by atoms with van der Waals surface area (Å²) in [7, 11) is 1.43. The van der Waals surface area contributed by atoms with Crippen LogP contribution < -0.4 is 16.4 Å². The number of carbonyl (C=O) groups is 2. The largest absolute Gasteiger partial charge is 0.290 e. The summed E-state index contributed by atoms with van der Waals surface area (Å²) in [5.41, 5.74) is 6.71. The highest BCUT2D eigenvalue weighted by molar-refractivity contribution is 6.30. The number of aryl methyl sites for hydroxylation is 1. The number of amides is 2. The van der Waals surface area contributed by atoms with Crippen molar-refractivity contribution in [1.29, 1.82) is 0 Å². The van der Waals surface area contributed by atoms with Gasteiger partial charge >= 0.3 is 0 Å². The molecule has 2 N–H and O–H groups in total. The Bertz CT molecular complexity index is 1370. The molecule has 0 aliphatic rings. The zero-order valence-corrected chi connectivity index (χ0v) is 17.1. The fraction of sp³-hybridized carbons (Fsp3) is 0.0455. The molecule has 2 heterocycles. The van der Waals surface area contributed by atoms with Gasteiger partial charge in [-0.3, -0.25) is 25.2 Å². The van der Waals surface area contributed by atoms with Gasteiger partial charge in [0.1, 0.15) is 0 Å². The average Bonchev–Trinajstić information content (AvgIpc) is 2.78. The molecule has 4 aromatic rings. The lowest BCUT2D eigenvalue weighted by Crippen LogP contribution is -2.42. The molecule has 8 nitrogen and oxygen atoms in total. The smallest absolute Gasteiger partial charge is 0.268 e. The third-order valence-corrected chi connectivity index (χ3v) is 4.84. The quantitative estimate of drug-likeness (QED) is 0.483. The Hall–Kier alpha value is -4.04. The van der Waals surface area contributed by atoms with Gasteiger partial charge < -0.3 is 0 Å². The molecule has 0 radical (unpaired) electrons. The number of carbonyl (C=O) groups excluding carboxylic acids is 2. The van der Waals surface area contributed by atoms with E-state index in [1.54, 1.807) is 36.4 Å². The number of nitrogens with one attached hydrogen (secondary N) is 2. The van der Waals surface area contributed by atoms with Crippen molar-refractivity contribution in [2.24, 2.45) is 7.05 Å². The minimum atomic E-state index is -0.653. The molecule has 0 aliphatic heterocycles. The molecule has 31 heavy (non-hydrogen) atoms. The molecule has 0 fully saturated rings. The standard InChI is InChI=1S/C22H16ClN5O3/c1-28-20(29)11-10-18(27-28)22(31)26-25-21(30)16-12-19(13-6-8-14(23)9-7-13)24-17-5-3-2-4-15(16)17/h2-12H,1H3,(H,25,30)(H,26,31). The zero-order chi connectivity index (χ0) is 22.0. The van der Waals surface area contributed by atoms with E-state index in [4.69, 9.17) is 11.6 Å². The number of hydrogen-bond acceptors (Lipinski definition) is 5.